The topological polar surface area (TPSA) is 29.9 Å². The summed E-state index contributed by atoms with van der Waals surface area (Å²) < 4.78 is 2.30. The fourth-order valence-electron chi connectivity index (χ4n) is 2.36. The summed E-state index contributed by atoms with van der Waals surface area (Å²) in [6.07, 6.45) is 2.12. The molecule has 1 aromatic carbocycles. The minimum absolute atomic E-state index is 0.294. The van der Waals surface area contributed by atoms with Gasteiger partial charge in [0.15, 0.2) is 0 Å². The highest BCUT2D eigenvalue weighted by Crippen LogP contribution is 2.25. The fourth-order valence-corrected chi connectivity index (χ4v) is 2.53. The summed E-state index contributed by atoms with van der Waals surface area (Å²) in [5.41, 5.74) is 2.16. The first kappa shape index (κ1) is 13.4. The minimum Gasteiger partial charge on any atom is -0.327 e. The molecule has 4 heteroatoms. The second kappa shape index (κ2) is 5.72. The molecule has 2 aromatic rings. The Bertz CT molecular complexity index is 529. The lowest BCUT2D eigenvalue weighted by molar-refractivity contribution is 0.508. The number of halogens is 1. The van der Waals surface area contributed by atoms with E-state index in [0.29, 0.717) is 6.04 Å². The molecule has 0 saturated heterocycles. The average Bonchev–Trinajstić information content (AvgIpc) is 2.70. The Morgan fingerprint density at radius 1 is 1.39 bits per heavy atom. The van der Waals surface area contributed by atoms with Crippen molar-refractivity contribution < 1.29 is 0 Å². The van der Waals surface area contributed by atoms with Gasteiger partial charge in [0.1, 0.15) is 5.82 Å². The lowest BCUT2D eigenvalue weighted by atomic mass is 10.2. The van der Waals surface area contributed by atoms with Gasteiger partial charge in [0, 0.05) is 11.6 Å². The maximum absolute atomic E-state index is 6.04. The Morgan fingerprint density at radius 3 is 2.78 bits per heavy atom. The molecule has 1 atom stereocenters. The van der Waals surface area contributed by atoms with Gasteiger partial charge in [0.05, 0.1) is 17.1 Å². The van der Waals surface area contributed by atoms with Crippen molar-refractivity contribution in [3.63, 3.8) is 0 Å². The second-order valence-corrected chi connectivity index (χ2v) is 4.94. The van der Waals surface area contributed by atoms with Gasteiger partial charge in [-0.25, -0.2) is 4.98 Å². The van der Waals surface area contributed by atoms with Crippen LogP contribution in [0.3, 0.4) is 0 Å². The van der Waals surface area contributed by atoms with Gasteiger partial charge in [-0.15, -0.1) is 0 Å². The largest absolute Gasteiger partial charge is 0.327 e. The molecule has 0 aliphatic rings. The van der Waals surface area contributed by atoms with E-state index >= 15 is 0 Å². The van der Waals surface area contributed by atoms with Gasteiger partial charge >= 0.3 is 0 Å². The summed E-state index contributed by atoms with van der Waals surface area (Å²) in [6.45, 7) is 5.35. The van der Waals surface area contributed by atoms with Crippen LogP contribution in [-0.2, 0) is 6.54 Å². The van der Waals surface area contributed by atoms with E-state index in [1.54, 1.807) is 0 Å². The molecule has 0 aliphatic heterocycles. The van der Waals surface area contributed by atoms with Crippen LogP contribution in [0, 0.1) is 0 Å². The van der Waals surface area contributed by atoms with Crippen LogP contribution < -0.4 is 5.32 Å². The molecule has 1 aromatic heterocycles. The van der Waals surface area contributed by atoms with E-state index in [1.807, 2.05) is 19.2 Å². The molecule has 0 spiro atoms. The van der Waals surface area contributed by atoms with E-state index < -0.39 is 0 Å². The molecular weight excluding hydrogens is 246 g/mol. The van der Waals surface area contributed by atoms with E-state index in [9.17, 15) is 0 Å². The van der Waals surface area contributed by atoms with Crippen molar-refractivity contribution in [3.05, 3.63) is 29.0 Å². The third-order valence-corrected chi connectivity index (χ3v) is 3.49. The van der Waals surface area contributed by atoms with Gasteiger partial charge in [-0.1, -0.05) is 25.4 Å². The van der Waals surface area contributed by atoms with E-state index in [-0.39, 0.29) is 0 Å². The number of aromatic nitrogens is 2. The number of hydrogen-bond acceptors (Lipinski definition) is 2. The molecule has 0 amide bonds. The van der Waals surface area contributed by atoms with Crippen LogP contribution in [0.2, 0.25) is 5.02 Å². The zero-order chi connectivity index (χ0) is 13.1. The number of hydrogen-bond donors (Lipinski definition) is 1. The molecule has 0 bridgehead atoms. The predicted octanol–water partition coefficient (Wildman–Crippen LogP) is 3.77. The van der Waals surface area contributed by atoms with Crippen molar-refractivity contribution in [1.29, 1.82) is 0 Å². The Morgan fingerprint density at radius 2 is 2.17 bits per heavy atom. The lowest BCUT2D eigenvalue weighted by Crippen LogP contribution is -2.20. The highest BCUT2D eigenvalue weighted by Gasteiger charge is 2.17. The van der Waals surface area contributed by atoms with Crippen molar-refractivity contribution in [2.24, 2.45) is 0 Å². The van der Waals surface area contributed by atoms with Gasteiger partial charge in [0.25, 0.3) is 0 Å². The number of aryl methyl sites for hydroxylation is 1. The van der Waals surface area contributed by atoms with Crippen LogP contribution in [-0.4, -0.2) is 16.6 Å². The van der Waals surface area contributed by atoms with Gasteiger partial charge in [0.2, 0.25) is 0 Å². The van der Waals surface area contributed by atoms with Crippen LogP contribution in [0.25, 0.3) is 11.0 Å². The Balaban J connectivity index is 2.59. The first-order chi connectivity index (χ1) is 8.71. The molecule has 0 saturated carbocycles. The Hall–Kier alpha value is -1.06. The van der Waals surface area contributed by atoms with Crippen LogP contribution in [0.5, 0.6) is 0 Å². The molecular formula is C14H20ClN3. The molecule has 0 aliphatic carbocycles. The SMILES string of the molecule is CCCn1c(C(CC)NC)nc2cc(Cl)ccc21. The summed E-state index contributed by atoms with van der Waals surface area (Å²) in [5.74, 6) is 1.11. The summed E-state index contributed by atoms with van der Waals surface area (Å²) in [5, 5.41) is 4.07. The minimum atomic E-state index is 0.294. The Kier molecular flexibility index (Phi) is 4.25. The smallest absolute Gasteiger partial charge is 0.127 e. The lowest BCUT2D eigenvalue weighted by Gasteiger charge is -2.15. The molecule has 3 nitrogen and oxygen atoms in total. The molecule has 98 valence electrons. The number of imidazole rings is 1. The maximum Gasteiger partial charge on any atom is 0.127 e. The van der Waals surface area contributed by atoms with Gasteiger partial charge < -0.3 is 9.88 Å². The summed E-state index contributed by atoms with van der Waals surface area (Å²) in [7, 11) is 1.98. The van der Waals surface area contributed by atoms with E-state index in [0.717, 1.165) is 35.8 Å². The number of benzene rings is 1. The molecule has 1 heterocycles. The number of rotatable bonds is 5. The standard InChI is InChI=1S/C14H20ClN3/c1-4-8-18-13-7-6-10(15)9-12(13)17-14(18)11(5-2)16-3/h6-7,9,11,16H,4-5,8H2,1-3H3. The number of fused-ring (bicyclic) bond motifs is 1. The highest BCUT2D eigenvalue weighted by molar-refractivity contribution is 6.31. The van der Waals surface area contributed by atoms with Crippen molar-refractivity contribution in [2.75, 3.05) is 7.05 Å². The van der Waals surface area contributed by atoms with Crippen molar-refractivity contribution in [2.45, 2.75) is 39.3 Å². The quantitative estimate of drug-likeness (QED) is 0.892. The van der Waals surface area contributed by atoms with E-state index in [1.165, 1.54) is 5.52 Å². The summed E-state index contributed by atoms with van der Waals surface area (Å²) in [6, 6.07) is 6.23. The van der Waals surface area contributed by atoms with Crippen LogP contribution >= 0.6 is 11.6 Å². The zero-order valence-electron chi connectivity index (χ0n) is 11.2. The number of nitrogens with zero attached hydrogens (tertiary/aromatic N) is 2. The normalized spacial score (nSPS) is 13.1. The first-order valence-corrected chi connectivity index (χ1v) is 6.92. The monoisotopic (exact) mass is 265 g/mol. The van der Waals surface area contributed by atoms with Gasteiger partial charge in [-0.2, -0.15) is 0 Å². The van der Waals surface area contributed by atoms with Crippen molar-refractivity contribution in [3.8, 4) is 0 Å². The number of nitrogens with one attached hydrogen (secondary N) is 1. The second-order valence-electron chi connectivity index (χ2n) is 4.50. The van der Waals surface area contributed by atoms with E-state index in [2.05, 4.69) is 29.8 Å². The molecule has 1 N–H and O–H groups in total. The fraction of sp³-hybridized carbons (Fsp3) is 0.500. The van der Waals surface area contributed by atoms with Crippen molar-refractivity contribution in [1.82, 2.24) is 14.9 Å². The Labute approximate surface area is 113 Å². The third-order valence-electron chi connectivity index (χ3n) is 3.26. The predicted molar refractivity (Wildman–Crippen MR) is 77.1 cm³/mol. The van der Waals surface area contributed by atoms with Gasteiger partial charge in [-0.05, 0) is 38.1 Å². The van der Waals surface area contributed by atoms with Crippen molar-refractivity contribution >= 4 is 22.6 Å². The first-order valence-electron chi connectivity index (χ1n) is 6.54. The van der Waals surface area contributed by atoms with E-state index in [4.69, 9.17) is 16.6 Å². The third kappa shape index (κ3) is 2.38. The summed E-state index contributed by atoms with van der Waals surface area (Å²) >= 11 is 6.04. The average molecular weight is 266 g/mol. The van der Waals surface area contributed by atoms with Crippen LogP contribution in [0.15, 0.2) is 18.2 Å². The molecule has 2 rings (SSSR count). The van der Waals surface area contributed by atoms with Crippen LogP contribution in [0.4, 0.5) is 0 Å². The molecule has 18 heavy (non-hydrogen) atoms. The summed E-state index contributed by atoms with van der Waals surface area (Å²) in [4.78, 5) is 4.75. The maximum atomic E-state index is 6.04. The van der Waals surface area contributed by atoms with Gasteiger partial charge in [-0.3, -0.25) is 0 Å². The van der Waals surface area contributed by atoms with Crippen LogP contribution in [0.1, 0.15) is 38.6 Å². The molecule has 0 radical (unpaired) electrons. The highest BCUT2D eigenvalue weighted by atomic mass is 35.5. The molecule has 0 fully saturated rings. The molecule has 1 unspecified atom stereocenters. The zero-order valence-corrected chi connectivity index (χ0v) is 12.0.